The van der Waals surface area contributed by atoms with E-state index >= 15 is 0 Å². The minimum atomic E-state index is -0.384. The molecule has 0 aliphatic carbocycles. The number of ether oxygens (including phenoxy) is 1. The molecule has 0 spiro atoms. The number of nitrogen functional groups attached to an aromatic ring is 1. The zero-order valence-corrected chi connectivity index (χ0v) is 11.5. The van der Waals surface area contributed by atoms with E-state index < -0.39 is 0 Å². The molecule has 3 rings (SSSR count). The first kappa shape index (κ1) is 13.2. The van der Waals surface area contributed by atoms with Gasteiger partial charge in [0.15, 0.2) is 0 Å². The van der Waals surface area contributed by atoms with Crippen LogP contribution in [0, 0.1) is 0 Å². The van der Waals surface area contributed by atoms with E-state index in [0.29, 0.717) is 34.7 Å². The predicted octanol–water partition coefficient (Wildman–Crippen LogP) is 2.22. The third-order valence-corrected chi connectivity index (χ3v) is 3.36. The summed E-state index contributed by atoms with van der Waals surface area (Å²) in [6.07, 6.45) is 0. The number of hydrogen-bond donors (Lipinski definition) is 2. The van der Waals surface area contributed by atoms with Crippen LogP contribution in [0.2, 0.25) is 0 Å². The topological polar surface area (TPSA) is 81.4 Å². The van der Waals surface area contributed by atoms with Gasteiger partial charge in [-0.2, -0.15) is 0 Å². The van der Waals surface area contributed by atoms with Crippen LogP contribution in [0.5, 0.6) is 5.75 Å². The van der Waals surface area contributed by atoms with Gasteiger partial charge in [0, 0.05) is 17.3 Å². The molecule has 3 N–H and O–H groups in total. The fourth-order valence-electron chi connectivity index (χ4n) is 2.48. The fraction of sp³-hybridized carbons (Fsp3) is 0.125. The molecule has 1 aliphatic heterocycles. The summed E-state index contributed by atoms with van der Waals surface area (Å²) < 4.78 is 5.60. The van der Waals surface area contributed by atoms with Crippen molar-refractivity contribution in [3.05, 3.63) is 47.5 Å². The van der Waals surface area contributed by atoms with Gasteiger partial charge in [-0.25, -0.2) is 0 Å². The highest BCUT2D eigenvalue weighted by Crippen LogP contribution is 2.36. The maximum absolute atomic E-state index is 12.0. The molecular weight excluding hydrogens is 268 g/mol. The van der Waals surface area contributed by atoms with Crippen LogP contribution in [0.4, 0.5) is 5.69 Å². The minimum Gasteiger partial charge on any atom is -0.493 e. The van der Waals surface area contributed by atoms with Crippen LogP contribution in [-0.2, 0) is 0 Å². The maximum atomic E-state index is 12.0. The second kappa shape index (κ2) is 4.94. The van der Waals surface area contributed by atoms with Gasteiger partial charge in [0.25, 0.3) is 11.8 Å². The van der Waals surface area contributed by atoms with Crippen LogP contribution >= 0.6 is 0 Å². The van der Waals surface area contributed by atoms with Gasteiger partial charge >= 0.3 is 0 Å². The summed E-state index contributed by atoms with van der Waals surface area (Å²) in [5, 5.41) is 2.31. The number of fused-ring (bicyclic) bond motifs is 1. The number of carbonyl (C=O) groups excluding carboxylic acids is 2. The number of hydrogen-bond acceptors (Lipinski definition) is 4. The molecule has 1 aliphatic rings. The molecule has 2 aromatic carbocycles. The van der Waals surface area contributed by atoms with Crippen LogP contribution in [0.15, 0.2) is 36.4 Å². The molecule has 0 bridgehead atoms. The molecule has 0 saturated carbocycles. The highest BCUT2D eigenvalue weighted by atomic mass is 16.5. The lowest BCUT2D eigenvalue weighted by atomic mass is 9.95. The van der Waals surface area contributed by atoms with Gasteiger partial charge < -0.3 is 10.5 Å². The largest absolute Gasteiger partial charge is 0.493 e. The van der Waals surface area contributed by atoms with Gasteiger partial charge in [0.1, 0.15) is 5.75 Å². The highest BCUT2D eigenvalue weighted by Gasteiger charge is 2.30. The Morgan fingerprint density at radius 2 is 1.81 bits per heavy atom. The van der Waals surface area contributed by atoms with Crippen molar-refractivity contribution in [2.45, 2.75) is 6.92 Å². The van der Waals surface area contributed by atoms with E-state index in [1.165, 1.54) is 0 Å². The average molecular weight is 282 g/mol. The molecule has 0 saturated heterocycles. The van der Waals surface area contributed by atoms with Crippen molar-refractivity contribution >= 4 is 17.5 Å². The second-order valence-electron chi connectivity index (χ2n) is 4.70. The third-order valence-electron chi connectivity index (χ3n) is 3.36. The SMILES string of the molecule is CCOc1cc(N)ccc1-c1cccc2c1C(=O)NC2=O. The normalized spacial score (nSPS) is 13.0. The van der Waals surface area contributed by atoms with Gasteiger partial charge in [-0.3, -0.25) is 14.9 Å². The molecule has 0 aromatic heterocycles. The first-order chi connectivity index (χ1) is 10.1. The average Bonchev–Trinajstić information content (AvgIpc) is 2.75. The van der Waals surface area contributed by atoms with E-state index in [1.807, 2.05) is 6.92 Å². The van der Waals surface area contributed by atoms with Crippen molar-refractivity contribution in [3.63, 3.8) is 0 Å². The number of nitrogens with one attached hydrogen (secondary N) is 1. The Morgan fingerprint density at radius 1 is 1.05 bits per heavy atom. The minimum absolute atomic E-state index is 0.370. The first-order valence-electron chi connectivity index (χ1n) is 6.63. The molecule has 106 valence electrons. The van der Waals surface area contributed by atoms with Crippen LogP contribution < -0.4 is 15.8 Å². The van der Waals surface area contributed by atoms with Gasteiger partial charge in [-0.15, -0.1) is 0 Å². The summed E-state index contributed by atoms with van der Waals surface area (Å²) in [5.74, 6) is -0.159. The van der Waals surface area contributed by atoms with Gasteiger partial charge in [0.05, 0.1) is 17.7 Å². The summed E-state index contributed by atoms with van der Waals surface area (Å²) in [6.45, 7) is 2.36. The number of benzene rings is 2. The molecule has 0 unspecified atom stereocenters. The van der Waals surface area contributed by atoms with Crippen LogP contribution in [-0.4, -0.2) is 18.4 Å². The standard InChI is InChI=1S/C16H14N2O3/c1-2-21-13-8-9(17)6-7-10(13)11-4-3-5-12-14(11)16(20)18-15(12)19/h3-8H,2,17H2,1H3,(H,18,19,20). The van der Waals surface area contributed by atoms with Crippen LogP contribution in [0.1, 0.15) is 27.6 Å². The van der Waals surface area contributed by atoms with Crippen molar-refractivity contribution in [1.82, 2.24) is 5.32 Å². The number of rotatable bonds is 3. The fourth-order valence-corrected chi connectivity index (χ4v) is 2.48. The molecule has 1 heterocycles. The van der Waals surface area contributed by atoms with E-state index in [4.69, 9.17) is 10.5 Å². The van der Waals surface area contributed by atoms with Crippen LogP contribution in [0.25, 0.3) is 11.1 Å². The molecule has 5 heteroatoms. The number of nitrogens with two attached hydrogens (primary N) is 1. The molecular formula is C16H14N2O3. The Balaban J connectivity index is 2.23. The lowest BCUT2D eigenvalue weighted by Crippen LogP contribution is -2.20. The Hall–Kier alpha value is -2.82. The van der Waals surface area contributed by atoms with Crippen molar-refractivity contribution < 1.29 is 14.3 Å². The van der Waals surface area contributed by atoms with E-state index in [2.05, 4.69) is 5.32 Å². The second-order valence-corrected chi connectivity index (χ2v) is 4.70. The Kier molecular flexibility index (Phi) is 3.10. The number of anilines is 1. The first-order valence-corrected chi connectivity index (χ1v) is 6.63. The highest BCUT2D eigenvalue weighted by molar-refractivity contribution is 6.24. The Bertz CT molecular complexity index is 753. The third kappa shape index (κ3) is 2.12. The smallest absolute Gasteiger partial charge is 0.259 e. The Labute approximate surface area is 121 Å². The molecule has 2 aromatic rings. The molecule has 0 fully saturated rings. The molecule has 5 nitrogen and oxygen atoms in total. The summed E-state index contributed by atoms with van der Waals surface area (Å²) in [4.78, 5) is 23.7. The Morgan fingerprint density at radius 3 is 2.57 bits per heavy atom. The van der Waals surface area contributed by atoms with E-state index in [0.717, 1.165) is 5.56 Å². The lowest BCUT2D eigenvalue weighted by molar-refractivity contribution is 0.0880. The summed E-state index contributed by atoms with van der Waals surface area (Å²) in [7, 11) is 0. The van der Waals surface area contributed by atoms with Gasteiger partial charge in [0.2, 0.25) is 0 Å². The zero-order chi connectivity index (χ0) is 15.0. The molecule has 0 atom stereocenters. The molecule has 0 radical (unpaired) electrons. The number of amides is 2. The maximum Gasteiger partial charge on any atom is 0.259 e. The van der Waals surface area contributed by atoms with Crippen molar-refractivity contribution in [2.75, 3.05) is 12.3 Å². The van der Waals surface area contributed by atoms with Crippen molar-refractivity contribution in [1.29, 1.82) is 0 Å². The van der Waals surface area contributed by atoms with E-state index in [1.54, 1.807) is 36.4 Å². The van der Waals surface area contributed by atoms with Crippen molar-refractivity contribution in [2.24, 2.45) is 0 Å². The van der Waals surface area contributed by atoms with Gasteiger partial charge in [-0.1, -0.05) is 12.1 Å². The molecule has 2 amide bonds. The predicted molar refractivity (Wildman–Crippen MR) is 79.3 cm³/mol. The molecule has 21 heavy (non-hydrogen) atoms. The quantitative estimate of drug-likeness (QED) is 0.668. The summed E-state index contributed by atoms with van der Waals surface area (Å²) >= 11 is 0. The van der Waals surface area contributed by atoms with Gasteiger partial charge in [-0.05, 0) is 30.7 Å². The van der Waals surface area contributed by atoms with E-state index in [9.17, 15) is 9.59 Å². The number of carbonyl (C=O) groups is 2. The zero-order valence-electron chi connectivity index (χ0n) is 11.5. The van der Waals surface area contributed by atoms with E-state index in [-0.39, 0.29) is 11.8 Å². The van der Waals surface area contributed by atoms with Crippen molar-refractivity contribution in [3.8, 4) is 16.9 Å². The summed E-state index contributed by atoms with van der Waals surface area (Å²) in [5.41, 5.74) is 8.54. The number of imide groups is 1. The van der Waals surface area contributed by atoms with Crippen LogP contribution in [0.3, 0.4) is 0 Å². The monoisotopic (exact) mass is 282 g/mol. The summed E-state index contributed by atoms with van der Waals surface area (Å²) in [6, 6.07) is 10.4. The lowest BCUT2D eigenvalue weighted by Gasteiger charge is -2.13.